The topological polar surface area (TPSA) is 69.0 Å². The lowest BCUT2D eigenvalue weighted by molar-refractivity contribution is 0.0971. The molecule has 0 saturated heterocycles. The second kappa shape index (κ2) is 9.07. The molecule has 3 aromatic carbocycles. The van der Waals surface area contributed by atoms with Crippen molar-refractivity contribution >= 4 is 34.2 Å². The van der Waals surface area contributed by atoms with Crippen LogP contribution in [0, 0.1) is 5.82 Å². The lowest BCUT2D eigenvalue weighted by Gasteiger charge is -2.26. The van der Waals surface area contributed by atoms with Crippen LogP contribution in [0.5, 0.6) is 11.5 Å². The van der Waals surface area contributed by atoms with Gasteiger partial charge in [0, 0.05) is 5.69 Å². The summed E-state index contributed by atoms with van der Waals surface area (Å²) in [7, 11) is 1.50. The molecular weight excluding hydrogens is 473 g/mol. The zero-order valence-corrected chi connectivity index (χ0v) is 19.8. The molecule has 1 aliphatic heterocycles. The number of hydrogen-bond donors (Lipinski definition) is 0. The Hall–Kier alpha value is -3.84. The first kappa shape index (κ1) is 22.9. The van der Waals surface area contributed by atoms with E-state index in [9.17, 15) is 14.0 Å². The van der Waals surface area contributed by atoms with Gasteiger partial charge in [-0.05, 0) is 60.5 Å². The number of ether oxygens (including phenoxy) is 2. The summed E-state index contributed by atoms with van der Waals surface area (Å²) in [6.07, 6.45) is 0.826. The monoisotopic (exact) mass is 493 g/mol. The molecule has 4 aromatic rings. The molecule has 0 fully saturated rings. The van der Waals surface area contributed by atoms with Crippen molar-refractivity contribution in [3.8, 4) is 11.5 Å². The molecule has 5 rings (SSSR count). The molecule has 1 atom stereocenters. The third-order valence-corrected chi connectivity index (χ3v) is 6.19. The molecule has 35 heavy (non-hydrogen) atoms. The van der Waals surface area contributed by atoms with Crippen molar-refractivity contribution in [2.75, 3.05) is 18.6 Å². The normalized spacial score (nSPS) is 14.9. The first-order valence-corrected chi connectivity index (χ1v) is 11.5. The molecule has 1 unspecified atom stereocenters. The average molecular weight is 494 g/mol. The summed E-state index contributed by atoms with van der Waals surface area (Å²) in [4.78, 5) is 28.8. The molecular formula is C27H21ClFNO5. The Morgan fingerprint density at radius 1 is 1.09 bits per heavy atom. The van der Waals surface area contributed by atoms with Crippen molar-refractivity contribution < 1.29 is 23.1 Å². The molecule has 0 aliphatic carbocycles. The highest BCUT2D eigenvalue weighted by Gasteiger charge is 2.44. The van der Waals surface area contributed by atoms with Gasteiger partial charge >= 0.3 is 0 Å². The molecule has 8 heteroatoms. The van der Waals surface area contributed by atoms with Crippen LogP contribution in [0.1, 0.15) is 41.1 Å². The summed E-state index contributed by atoms with van der Waals surface area (Å²) in [6, 6.07) is 14.9. The summed E-state index contributed by atoms with van der Waals surface area (Å²) < 4.78 is 30.9. The van der Waals surface area contributed by atoms with E-state index >= 15 is 0 Å². The minimum atomic E-state index is -0.837. The predicted molar refractivity (Wildman–Crippen MR) is 131 cm³/mol. The van der Waals surface area contributed by atoms with E-state index in [4.69, 9.17) is 25.5 Å². The fourth-order valence-electron chi connectivity index (χ4n) is 4.33. The molecule has 1 aromatic heterocycles. The second-order valence-corrected chi connectivity index (χ2v) is 8.54. The van der Waals surface area contributed by atoms with Crippen LogP contribution >= 0.6 is 11.6 Å². The smallest absolute Gasteiger partial charge is 0.295 e. The molecule has 0 radical (unpaired) electrons. The minimum Gasteiger partial charge on any atom is -0.495 e. The van der Waals surface area contributed by atoms with Crippen molar-refractivity contribution in [3.63, 3.8) is 0 Å². The van der Waals surface area contributed by atoms with Gasteiger partial charge in [-0.1, -0.05) is 30.7 Å². The quantitative estimate of drug-likeness (QED) is 0.323. The molecule has 0 spiro atoms. The summed E-state index contributed by atoms with van der Waals surface area (Å²) in [5.41, 5.74) is 0.887. The Morgan fingerprint density at radius 2 is 1.91 bits per heavy atom. The molecule has 2 heterocycles. The van der Waals surface area contributed by atoms with E-state index in [-0.39, 0.29) is 22.3 Å². The fraction of sp³-hybridized carbons (Fsp3) is 0.185. The molecule has 6 nitrogen and oxygen atoms in total. The first-order valence-electron chi connectivity index (χ1n) is 11.1. The SMILES string of the molecule is CCCOc1cccc(C2c3c(oc4ccc(F)cc4c3=O)C(=O)N2c2ccc(OC)c(Cl)c2)c1. The highest BCUT2D eigenvalue weighted by Crippen LogP contribution is 2.43. The van der Waals surface area contributed by atoms with Gasteiger partial charge in [0.05, 0.1) is 35.7 Å². The van der Waals surface area contributed by atoms with Crippen molar-refractivity contribution in [2.45, 2.75) is 19.4 Å². The third-order valence-electron chi connectivity index (χ3n) is 5.89. The minimum absolute atomic E-state index is 0.0644. The number of carbonyl (C=O) groups excluding carboxylic acids is 1. The van der Waals surface area contributed by atoms with Crippen LogP contribution in [0.3, 0.4) is 0 Å². The standard InChI is InChI=1S/C27H21ClFNO5/c1-3-11-34-18-6-4-5-15(12-18)24-23-25(31)19-13-16(29)7-9-21(19)35-26(23)27(32)30(24)17-8-10-22(33-2)20(28)14-17/h4-10,12-14,24H,3,11H2,1-2H3. The molecule has 0 saturated carbocycles. The summed E-state index contributed by atoms with van der Waals surface area (Å²) in [6.45, 7) is 2.52. The number of amides is 1. The van der Waals surface area contributed by atoms with E-state index in [1.807, 2.05) is 13.0 Å². The Labute approximate surface area is 205 Å². The third kappa shape index (κ3) is 3.91. The van der Waals surface area contributed by atoms with Gasteiger partial charge in [0.15, 0.2) is 5.43 Å². The number of benzene rings is 3. The Balaban J connectivity index is 1.75. The fourth-order valence-corrected chi connectivity index (χ4v) is 4.58. The van der Waals surface area contributed by atoms with Gasteiger partial charge in [-0.2, -0.15) is 0 Å². The van der Waals surface area contributed by atoms with Gasteiger partial charge < -0.3 is 13.9 Å². The van der Waals surface area contributed by atoms with Crippen molar-refractivity contribution in [3.05, 3.63) is 98.6 Å². The van der Waals surface area contributed by atoms with Crippen LogP contribution in [-0.2, 0) is 0 Å². The number of anilines is 1. The maximum Gasteiger partial charge on any atom is 0.295 e. The summed E-state index contributed by atoms with van der Waals surface area (Å²) in [5, 5.41) is 0.369. The Morgan fingerprint density at radius 3 is 2.66 bits per heavy atom. The molecule has 0 bridgehead atoms. The van der Waals surface area contributed by atoms with E-state index < -0.39 is 23.2 Å². The predicted octanol–water partition coefficient (Wildman–Crippen LogP) is 6.13. The van der Waals surface area contributed by atoms with Crippen LogP contribution in [-0.4, -0.2) is 19.6 Å². The number of nitrogens with zero attached hydrogens (tertiary/aromatic N) is 1. The number of hydrogen-bond acceptors (Lipinski definition) is 5. The van der Waals surface area contributed by atoms with E-state index in [0.29, 0.717) is 34.4 Å². The van der Waals surface area contributed by atoms with Gasteiger partial charge in [0.2, 0.25) is 5.76 Å². The second-order valence-electron chi connectivity index (χ2n) is 8.13. The van der Waals surface area contributed by atoms with E-state index in [1.165, 1.54) is 24.1 Å². The van der Waals surface area contributed by atoms with Crippen LogP contribution in [0.25, 0.3) is 11.0 Å². The highest BCUT2D eigenvalue weighted by molar-refractivity contribution is 6.32. The maximum atomic E-state index is 14.0. The number of methoxy groups -OCH3 is 1. The van der Waals surface area contributed by atoms with E-state index in [2.05, 4.69) is 0 Å². The van der Waals surface area contributed by atoms with E-state index in [0.717, 1.165) is 12.5 Å². The van der Waals surface area contributed by atoms with E-state index in [1.54, 1.807) is 36.4 Å². The number of carbonyl (C=O) groups is 1. The van der Waals surface area contributed by atoms with Crippen LogP contribution in [0.2, 0.25) is 5.02 Å². The van der Waals surface area contributed by atoms with Crippen molar-refractivity contribution in [1.82, 2.24) is 0 Å². The zero-order valence-electron chi connectivity index (χ0n) is 19.0. The molecule has 1 aliphatic rings. The average Bonchev–Trinajstić information content (AvgIpc) is 3.16. The number of rotatable bonds is 6. The number of halogens is 2. The van der Waals surface area contributed by atoms with Gasteiger partial charge in [0.25, 0.3) is 5.91 Å². The van der Waals surface area contributed by atoms with Gasteiger partial charge in [-0.3, -0.25) is 14.5 Å². The largest absolute Gasteiger partial charge is 0.495 e. The lowest BCUT2D eigenvalue weighted by Crippen LogP contribution is -2.29. The van der Waals surface area contributed by atoms with Gasteiger partial charge in [-0.15, -0.1) is 0 Å². The van der Waals surface area contributed by atoms with Crippen LogP contribution in [0.4, 0.5) is 10.1 Å². The van der Waals surface area contributed by atoms with Crippen molar-refractivity contribution in [2.24, 2.45) is 0 Å². The van der Waals surface area contributed by atoms with Gasteiger partial charge in [0.1, 0.15) is 22.9 Å². The Bertz CT molecular complexity index is 1520. The molecule has 0 N–H and O–H groups in total. The van der Waals surface area contributed by atoms with Crippen LogP contribution < -0.4 is 19.8 Å². The summed E-state index contributed by atoms with van der Waals surface area (Å²) in [5.74, 6) is -0.115. The maximum absolute atomic E-state index is 14.0. The zero-order chi connectivity index (χ0) is 24.7. The molecule has 178 valence electrons. The van der Waals surface area contributed by atoms with Crippen molar-refractivity contribution in [1.29, 1.82) is 0 Å². The summed E-state index contributed by atoms with van der Waals surface area (Å²) >= 11 is 6.37. The van der Waals surface area contributed by atoms with Crippen LogP contribution in [0.15, 0.2) is 69.9 Å². The van der Waals surface area contributed by atoms with Gasteiger partial charge in [-0.25, -0.2) is 4.39 Å². The highest BCUT2D eigenvalue weighted by atomic mass is 35.5. The first-order chi connectivity index (χ1) is 16.9. The number of fused-ring (bicyclic) bond motifs is 2. The Kier molecular flexibility index (Phi) is 5.94. The molecule has 1 amide bonds. The lowest BCUT2D eigenvalue weighted by atomic mass is 9.98.